The molecule has 0 aliphatic heterocycles. The molecule has 1 fully saturated rings. The van der Waals surface area contributed by atoms with Gasteiger partial charge in [-0.05, 0) is 42.3 Å². The Morgan fingerprint density at radius 1 is 1.28 bits per heavy atom. The maximum atomic E-state index is 13.7. The Labute approximate surface area is 146 Å². The monoisotopic (exact) mass is 371 g/mol. The minimum absolute atomic E-state index is 0.219. The van der Waals surface area contributed by atoms with Crippen molar-refractivity contribution in [3.63, 3.8) is 0 Å². The van der Waals surface area contributed by atoms with Crippen molar-refractivity contribution in [2.24, 2.45) is 0 Å². The lowest BCUT2D eigenvalue weighted by atomic mass is 10.2. The molecule has 1 saturated carbocycles. The van der Waals surface area contributed by atoms with Crippen LogP contribution in [0.4, 0.5) is 18.9 Å². The number of carbonyl (C=O) groups excluding carboxylic acids is 1. The van der Waals surface area contributed by atoms with E-state index in [0.717, 1.165) is 49.6 Å². The molecular weight excluding hydrogens is 355 g/mol. The average Bonchev–Trinajstić information content (AvgIpc) is 3.26. The van der Waals surface area contributed by atoms with E-state index in [-0.39, 0.29) is 6.04 Å². The van der Waals surface area contributed by atoms with E-state index in [1.54, 1.807) is 11.6 Å². The number of thioether (sulfide) groups is 1. The van der Waals surface area contributed by atoms with Gasteiger partial charge in [0, 0.05) is 0 Å². The summed E-state index contributed by atoms with van der Waals surface area (Å²) in [5.41, 5.74) is -0.410. The third-order valence-corrected chi connectivity index (χ3v) is 5.12. The van der Waals surface area contributed by atoms with Gasteiger partial charge in [-0.2, -0.15) is 0 Å². The second kappa shape index (κ2) is 7.42. The van der Waals surface area contributed by atoms with Gasteiger partial charge >= 0.3 is 0 Å². The number of carbonyl (C=O) groups is 1. The van der Waals surface area contributed by atoms with Crippen molar-refractivity contribution >= 4 is 23.4 Å². The van der Waals surface area contributed by atoms with E-state index in [4.69, 9.17) is 0 Å². The van der Waals surface area contributed by atoms with Gasteiger partial charge in [0.05, 0.1) is 17.0 Å². The summed E-state index contributed by atoms with van der Waals surface area (Å²) < 4.78 is 41.5. The summed E-state index contributed by atoms with van der Waals surface area (Å²) in [6.07, 6.45) is 4.19. The van der Waals surface area contributed by atoms with Crippen LogP contribution in [0.2, 0.25) is 0 Å². The van der Waals surface area contributed by atoms with Crippen LogP contribution in [0.3, 0.4) is 0 Å². The lowest BCUT2D eigenvalue weighted by Gasteiger charge is -2.14. The van der Waals surface area contributed by atoms with Crippen molar-refractivity contribution in [1.82, 2.24) is 20.2 Å². The second-order valence-corrected chi connectivity index (χ2v) is 7.12. The summed E-state index contributed by atoms with van der Waals surface area (Å²) in [4.78, 5) is 12.2. The van der Waals surface area contributed by atoms with E-state index in [9.17, 15) is 18.0 Å². The summed E-state index contributed by atoms with van der Waals surface area (Å²) in [6.45, 7) is 1.60. The Bertz CT molecular complexity index is 779. The fourth-order valence-corrected chi connectivity index (χ4v) is 3.57. The molecule has 25 heavy (non-hydrogen) atoms. The van der Waals surface area contributed by atoms with Gasteiger partial charge in [0.15, 0.2) is 17.5 Å². The number of anilines is 1. The molecule has 1 aliphatic rings. The minimum atomic E-state index is -1.62. The number of nitrogens with zero attached hydrogens (tertiary/aromatic N) is 4. The third kappa shape index (κ3) is 3.78. The Morgan fingerprint density at radius 3 is 2.72 bits per heavy atom. The number of rotatable bonds is 5. The van der Waals surface area contributed by atoms with Crippen molar-refractivity contribution < 1.29 is 18.0 Å². The SMILES string of the molecule is CC(Sc1nnnn1C1CCCC1)C(=O)Nc1ccc(F)c(F)c1F. The highest BCUT2D eigenvalue weighted by molar-refractivity contribution is 8.00. The number of halogens is 3. The standard InChI is InChI=1S/C15H16F3N5OS/c1-8(14(24)19-11-7-6-10(16)12(17)13(11)18)25-15-20-21-22-23(15)9-4-2-3-5-9/h6-9H,2-5H2,1H3,(H,19,24). The van der Waals surface area contributed by atoms with Gasteiger partial charge in [-0.15, -0.1) is 5.10 Å². The molecule has 1 atom stereocenters. The van der Waals surface area contributed by atoms with Gasteiger partial charge in [-0.25, -0.2) is 17.9 Å². The van der Waals surface area contributed by atoms with E-state index in [2.05, 4.69) is 20.8 Å². The molecule has 134 valence electrons. The molecule has 0 bridgehead atoms. The molecule has 2 aromatic rings. The lowest BCUT2D eigenvalue weighted by molar-refractivity contribution is -0.115. The number of hydrogen-bond acceptors (Lipinski definition) is 5. The molecule has 1 aromatic carbocycles. The highest BCUT2D eigenvalue weighted by atomic mass is 32.2. The molecule has 0 saturated heterocycles. The first kappa shape index (κ1) is 17.7. The van der Waals surface area contributed by atoms with Crippen molar-refractivity contribution in [3.05, 3.63) is 29.6 Å². The molecule has 10 heteroatoms. The highest BCUT2D eigenvalue weighted by Crippen LogP contribution is 2.32. The smallest absolute Gasteiger partial charge is 0.237 e. The van der Waals surface area contributed by atoms with Crippen LogP contribution in [0.5, 0.6) is 0 Å². The maximum absolute atomic E-state index is 13.7. The van der Waals surface area contributed by atoms with E-state index in [1.165, 1.54) is 0 Å². The largest absolute Gasteiger partial charge is 0.323 e. The summed E-state index contributed by atoms with van der Waals surface area (Å²) in [5, 5.41) is 13.7. The van der Waals surface area contributed by atoms with Crippen molar-refractivity contribution in [3.8, 4) is 0 Å². The molecule has 1 amide bonds. The molecule has 1 aromatic heterocycles. The Hall–Kier alpha value is -2.10. The van der Waals surface area contributed by atoms with Crippen LogP contribution in [0, 0.1) is 17.5 Å². The second-order valence-electron chi connectivity index (χ2n) is 5.82. The first-order valence-electron chi connectivity index (χ1n) is 7.86. The number of hydrogen-bond donors (Lipinski definition) is 1. The van der Waals surface area contributed by atoms with E-state index in [1.807, 2.05) is 0 Å². The number of aromatic nitrogens is 4. The van der Waals surface area contributed by atoms with Crippen LogP contribution in [0.1, 0.15) is 38.6 Å². The van der Waals surface area contributed by atoms with E-state index >= 15 is 0 Å². The van der Waals surface area contributed by atoms with Gasteiger partial charge < -0.3 is 5.32 Å². The molecule has 0 radical (unpaired) electrons. The zero-order chi connectivity index (χ0) is 18.0. The lowest BCUT2D eigenvalue weighted by Crippen LogP contribution is -2.24. The Balaban J connectivity index is 1.68. The molecule has 1 heterocycles. The predicted octanol–water partition coefficient (Wildman–Crippen LogP) is 3.32. The molecule has 6 nitrogen and oxygen atoms in total. The zero-order valence-corrected chi connectivity index (χ0v) is 14.2. The van der Waals surface area contributed by atoms with Crippen LogP contribution in [-0.4, -0.2) is 31.4 Å². The summed E-state index contributed by atoms with van der Waals surface area (Å²) >= 11 is 1.13. The molecule has 0 spiro atoms. The van der Waals surface area contributed by atoms with Crippen LogP contribution in [0.25, 0.3) is 0 Å². The first-order valence-corrected chi connectivity index (χ1v) is 8.74. The maximum Gasteiger partial charge on any atom is 0.237 e. The number of tetrazole rings is 1. The van der Waals surface area contributed by atoms with Gasteiger partial charge in [-0.1, -0.05) is 24.6 Å². The van der Waals surface area contributed by atoms with Crippen LogP contribution in [-0.2, 0) is 4.79 Å². The normalized spacial score (nSPS) is 16.2. The number of amides is 1. The summed E-state index contributed by atoms with van der Waals surface area (Å²) in [6, 6.07) is 1.95. The molecular formula is C15H16F3N5OS. The molecule has 1 unspecified atom stereocenters. The highest BCUT2D eigenvalue weighted by Gasteiger charge is 2.25. The van der Waals surface area contributed by atoms with Crippen molar-refractivity contribution in [1.29, 1.82) is 0 Å². The van der Waals surface area contributed by atoms with E-state index < -0.39 is 34.3 Å². The van der Waals surface area contributed by atoms with Crippen molar-refractivity contribution in [2.45, 2.75) is 49.1 Å². The van der Waals surface area contributed by atoms with Crippen LogP contribution < -0.4 is 5.32 Å². The van der Waals surface area contributed by atoms with Gasteiger partial charge in [0.25, 0.3) is 0 Å². The quantitative estimate of drug-likeness (QED) is 0.645. The average molecular weight is 371 g/mol. The topological polar surface area (TPSA) is 72.7 Å². The van der Waals surface area contributed by atoms with Crippen LogP contribution >= 0.6 is 11.8 Å². The first-order chi connectivity index (χ1) is 12.0. The fourth-order valence-electron chi connectivity index (χ4n) is 2.71. The summed E-state index contributed by atoms with van der Waals surface area (Å²) in [5.74, 6) is -4.92. The molecule has 1 N–H and O–H groups in total. The fraction of sp³-hybridized carbons (Fsp3) is 0.467. The van der Waals surface area contributed by atoms with E-state index in [0.29, 0.717) is 5.16 Å². The third-order valence-electron chi connectivity index (χ3n) is 4.08. The van der Waals surface area contributed by atoms with Gasteiger partial charge in [-0.3, -0.25) is 4.79 Å². The Morgan fingerprint density at radius 2 is 2.00 bits per heavy atom. The number of benzene rings is 1. The molecule has 1 aliphatic carbocycles. The molecule has 3 rings (SSSR count). The minimum Gasteiger partial charge on any atom is -0.323 e. The van der Waals surface area contributed by atoms with Gasteiger partial charge in [0.2, 0.25) is 11.1 Å². The number of nitrogens with one attached hydrogen (secondary N) is 1. The Kier molecular flexibility index (Phi) is 5.26. The van der Waals surface area contributed by atoms with Crippen molar-refractivity contribution in [2.75, 3.05) is 5.32 Å². The predicted molar refractivity (Wildman–Crippen MR) is 85.6 cm³/mol. The zero-order valence-electron chi connectivity index (χ0n) is 13.4. The summed E-state index contributed by atoms with van der Waals surface area (Å²) in [7, 11) is 0. The van der Waals surface area contributed by atoms with Crippen LogP contribution in [0.15, 0.2) is 17.3 Å². The van der Waals surface area contributed by atoms with Gasteiger partial charge in [0.1, 0.15) is 0 Å².